The van der Waals surface area contributed by atoms with E-state index >= 15 is 0 Å². The highest BCUT2D eigenvalue weighted by Gasteiger charge is 2.23. The van der Waals surface area contributed by atoms with Crippen LogP contribution >= 0.6 is 45.8 Å². The first-order chi connectivity index (χ1) is 15.0. The van der Waals surface area contributed by atoms with Gasteiger partial charge in [-0.25, -0.2) is 14.8 Å². The topological polar surface area (TPSA) is 81.2 Å². The van der Waals surface area contributed by atoms with Crippen LogP contribution in [0.2, 0.25) is 0 Å². The van der Waals surface area contributed by atoms with E-state index in [-0.39, 0.29) is 18.3 Å². The molecular weight excluding hydrogens is 471 g/mol. The number of anilines is 1. The number of carbonyl (C=O) groups excluding carboxylic acids is 2. The van der Waals surface area contributed by atoms with E-state index in [0.717, 1.165) is 31.2 Å². The van der Waals surface area contributed by atoms with Crippen LogP contribution in [0.5, 0.6) is 0 Å². The maximum atomic E-state index is 12.7. The Kier molecular flexibility index (Phi) is 6.71. The van der Waals surface area contributed by atoms with E-state index in [1.54, 1.807) is 18.3 Å². The minimum absolute atomic E-state index is 0.176. The lowest BCUT2D eigenvalue weighted by atomic mass is 10.1. The first kappa shape index (κ1) is 21.9. The molecule has 0 saturated carbocycles. The molecule has 0 saturated heterocycles. The zero-order chi connectivity index (χ0) is 22.0. The predicted octanol–water partition coefficient (Wildman–Crippen LogP) is 6.01. The molecule has 4 heterocycles. The van der Waals surface area contributed by atoms with Gasteiger partial charge in [0, 0.05) is 26.1 Å². The van der Waals surface area contributed by atoms with Crippen LogP contribution in [-0.4, -0.2) is 34.2 Å². The van der Waals surface area contributed by atoms with Gasteiger partial charge in [0.1, 0.15) is 26.7 Å². The maximum absolute atomic E-state index is 12.7. The van der Waals surface area contributed by atoms with Gasteiger partial charge in [0.2, 0.25) is 5.91 Å². The summed E-state index contributed by atoms with van der Waals surface area (Å²) in [5.74, 6) is -0.460. The highest BCUT2D eigenvalue weighted by atomic mass is 32.2. The summed E-state index contributed by atoms with van der Waals surface area (Å²) in [6, 6.07) is 3.88. The van der Waals surface area contributed by atoms with Crippen molar-refractivity contribution in [3.63, 3.8) is 0 Å². The SMILES string of the molecule is CCOC(=O)c1c(-c2cccs2)csc1NC(=O)CSc1ncnc2sc(C)c(C)c12. The van der Waals surface area contributed by atoms with E-state index in [9.17, 15) is 9.59 Å². The van der Waals surface area contributed by atoms with E-state index in [2.05, 4.69) is 22.2 Å². The zero-order valence-electron chi connectivity index (χ0n) is 17.1. The van der Waals surface area contributed by atoms with Crippen LogP contribution in [0.3, 0.4) is 0 Å². The summed E-state index contributed by atoms with van der Waals surface area (Å²) in [6.45, 7) is 6.14. The molecule has 4 aromatic heterocycles. The summed E-state index contributed by atoms with van der Waals surface area (Å²) in [4.78, 5) is 37.1. The van der Waals surface area contributed by atoms with Crippen molar-refractivity contribution in [2.45, 2.75) is 25.8 Å². The van der Waals surface area contributed by atoms with Gasteiger partial charge in [-0.05, 0) is 37.8 Å². The van der Waals surface area contributed by atoms with Gasteiger partial charge in [-0.3, -0.25) is 4.79 Å². The lowest BCUT2D eigenvalue weighted by Gasteiger charge is -2.08. The summed E-state index contributed by atoms with van der Waals surface area (Å²) in [7, 11) is 0. The summed E-state index contributed by atoms with van der Waals surface area (Å²) < 4.78 is 5.24. The number of amides is 1. The standard InChI is InChI=1S/C21H19N3O3S4/c1-4-27-21(26)17-13(14-6-5-7-28-14)8-29-20(17)24-15(25)9-30-18-16-11(2)12(3)31-19(16)23-10-22-18/h5-8,10H,4,9H2,1-3H3,(H,24,25). The molecule has 160 valence electrons. The number of fused-ring (bicyclic) bond motifs is 1. The van der Waals surface area contributed by atoms with E-state index in [0.29, 0.717) is 10.6 Å². The molecule has 0 radical (unpaired) electrons. The number of nitrogens with one attached hydrogen (secondary N) is 1. The third-order valence-electron chi connectivity index (χ3n) is 4.58. The second-order valence-corrected chi connectivity index (χ2v) is 10.5. The fourth-order valence-corrected chi connectivity index (χ4v) is 6.73. The van der Waals surface area contributed by atoms with Gasteiger partial charge in [0.15, 0.2) is 0 Å². The number of thiophene rings is 3. The lowest BCUT2D eigenvalue weighted by molar-refractivity contribution is -0.113. The largest absolute Gasteiger partial charge is 0.462 e. The summed E-state index contributed by atoms with van der Waals surface area (Å²) >= 11 is 5.86. The van der Waals surface area contributed by atoms with Gasteiger partial charge in [-0.1, -0.05) is 17.8 Å². The molecule has 1 amide bonds. The van der Waals surface area contributed by atoms with E-state index in [1.807, 2.05) is 29.8 Å². The highest BCUT2D eigenvalue weighted by molar-refractivity contribution is 8.00. The monoisotopic (exact) mass is 489 g/mol. The van der Waals surface area contributed by atoms with Crippen LogP contribution in [0, 0.1) is 13.8 Å². The number of nitrogens with zero attached hydrogens (tertiary/aromatic N) is 2. The van der Waals surface area contributed by atoms with Crippen LogP contribution in [0.4, 0.5) is 5.00 Å². The molecule has 0 aromatic carbocycles. The number of thioether (sulfide) groups is 1. The molecular formula is C21H19N3O3S4. The second-order valence-electron chi connectivity index (χ2n) is 6.53. The third kappa shape index (κ3) is 4.52. The minimum Gasteiger partial charge on any atom is -0.462 e. The Morgan fingerprint density at radius 3 is 2.81 bits per heavy atom. The third-order valence-corrected chi connectivity index (χ3v) is 8.48. The highest BCUT2D eigenvalue weighted by Crippen LogP contribution is 2.39. The smallest absolute Gasteiger partial charge is 0.341 e. The van der Waals surface area contributed by atoms with Crippen LogP contribution in [0.1, 0.15) is 27.7 Å². The quantitative estimate of drug-likeness (QED) is 0.195. The Hall–Kier alpha value is -2.27. The number of aromatic nitrogens is 2. The number of ether oxygens (including phenoxy) is 1. The molecule has 31 heavy (non-hydrogen) atoms. The Bertz CT molecular complexity index is 1240. The number of rotatable bonds is 7. The number of hydrogen-bond donors (Lipinski definition) is 1. The molecule has 0 bridgehead atoms. The van der Waals surface area contributed by atoms with Crippen molar-refractivity contribution >= 4 is 72.9 Å². The molecule has 1 N–H and O–H groups in total. The molecule has 0 unspecified atom stereocenters. The van der Waals surface area contributed by atoms with Gasteiger partial charge >= 0.3 is 5.97 Å². The number of esters is 1. The normalized spacial score (nSPS) is 11.1. The van der Waals surface area contributed by atoms with E-state index in [4.69, 9.17) is 4.74 Å². The number of hydrogen-bond acceptors (Lipinski definition) is 9. The average Bonchev–Trinajstić information content (AvgIpc) is 3.47. The maximum Gasteiger partial charge on any atom is 0.341 e. The van der Waals surface area contributed by atoms with Crippen molar-refractivity contribution in [2.24, 2.45) is 0 Å². The molecule has 0 fully saturated rings. The molecule has 0 aliphatic carbocycles. The summed E-state index contributed by atoms with van der Waals surface area (Å²) in [6.07, 6.45) is 1.53. The van der Waals surface area contributed by atoms with Gasteiger partial charge in [-0.15, -0.1) is 34.0 Å². The zero-order valence-corrected chi connectivity index (χ0v) is 20.3. The van der Waals surface area contributed by atoms with Crippen molar-refractivity contribution in [2.75, 3.05) is 17.7 Å². The van der Waals surface area contributed by atoms with Crippen LogP contribution in [0.25, 0.3) is 20.7 Å². The first-order valence-electron chi connectivity index (χ1n) is 9.45. The fourth-order valence-electron chi connectivity index (χ4n) is 3.03. The van der Waals surface area contributed by atoms with Crippen molar-refractivity contribution in [1.29, 1.82) is 0 Å². The van der Waals surface area contributed by atoms with Crippen molar-refractivity contribution < 1.29 is 14.3 Å². The molecule has 10 heteroatoms. The summed E-state index contributed by atoms with van der Waals surface area (Å²) in [5, 5.41) is 9.02. The molecule has 0 spiro atoms. The van der Waals surface area contributed by atoms with Crippen molar-refractivity contribution in [3.05, 3.63) is 45.2 Å². The Labute approximate surface area is 195 Å². The second kappa shape index (κ2) is 9.47. The number of carbonyl (C=O) groups is 2. The molecule has 0 aliphatic heterocycles. The molecule has 4 rings (SSSR count). The van der Waals surface area contributed by atoms with Gasteiger partial charge in [0.25, 0.3) is 0 Å². The Morgan fingerprint density at radius 2 is 2.06 bits per heavy atom. The fraction of sp³-hybridized carbons (Fsp3) is 0.238. The van der Waals surface area contributed by atoms with Crippen LogP contribution in [0.15, 0.2) is 34.2 Å². The first-order valence-corrected chi connectivity index (χ1v) is 13.0. The van der Waals surface area contributed by atoms with Gasteiger partial charge in [-0.2, -0.15) is 0 Å². The van der Waals surface area contributed by atoms with Crippen LogP contribution in [-0.2, 0) is 9.53 Å². The van der Waals surface area contributed by atoms with E-state index < -0.39 is 5.97 Å². The van der Waals surface area contributed by atoms with Gasteiger partial charge in [0.05, 0.1) is 12.4 Å². The molecule has 4 aromatic rings. The van der Waals surface area contributed by atoms with Crippen LogP contribution < -0.4 is 5.32 Å². The van der Waals surface area contributed by atoms with Crippen molar-refractivity contribution in [1.82, 2.24) is 9.97 Å². The van der Waals surface area contributed by atoms with E-state index in [1.165, 1.54) is 45.6 Å². The Morgan fingerprint density at radius 1 is 1.23 bits per heavy atom. The average molecular weight is 490 g/mol. The van der Waals surface area contributed by atoms with Crippen molar-refractivity contribution in [3.8, 4) is 10.4 Å². The van der Waals surface area contributed by atoms with Gasteiger partial charge < -0.3 is 10.1 Å². The predicted molar refractivity (Wildman–Crippen MR) is 130 cm³/mol. The molecule has 0 aliphatic rings. The summed E-state index contributed by atoms with van der Waals surface area (Å²) in [5.41, 5.74) is 2.33. The Balaban J connectivity index is 1.54. The minimum atomic E-state index is -0.433. The lowest BCUT2D eigenvalue weighted by Crippen LogP contribution is -2.16. The molecule has 0 atom stereocenters. The molecule has 6 nitrogen and oxygen atoms in total. The number of aryl methyl sites for hydroxylation is 2.